The van der Waals surface area contributed by atoms with Gasteiger partial charge in [0.05, 0.1) is 11.2 Å². The Kier molecular flexibility index (Phi) is 3.55. The summed E-state index contributed by atoms with van der Waals surface area (Å²) in [5.41, 5.74) is 7.52. The Morgan fingerprint density at radius 2 is 1.96 bits per heavy atom. The Labute approximate surface area is 145 Å². The summed E-state index contributed by atoms with van der Waals surface area (Å²) in [6.07, 6.45) is 0. The van der Waals surface area contributed by atoms with Crippen LogP contribution in [-0.4, -0.2) is 10.5 Å². The molecular formula is C18H12N2O2S2. The highest BCUT2D eigenvalue weighted by Crippen LogP contribution is 2.29. The average molecular weight is 352 g/mol. The fraction of sp³-hybridized carbons (Fsp3) is 0. The van der Waals surface area contributed by atoms with Crippen LogP contribution in [0.4, 0.5) is 0 Å². The van der Waals surface area contributed by atoms with Gasteiger partial charge in [-0.05, 0) is 46.0 Å². The SMILES string of the molecule is NC(=O)c1cc2ccc(-c3cccs3)cc2n(-c2ccsc2)c1=O. The van der Waals surface area contributed by atoms with Gasteiger partial charge >= 0.3 is 0 Å². The van der Waals surface area contributed by atoms with Crippen molar-refractivity contribution in [2.75, 3.05) is 0 Å². The molecule has 0 radical (unpaired) electrons. The predicted octanol–water partition coefficient (Wildman–Crippen LogP) is 3.88. The first kappa shape index (κ1) is 14.9. The van der Waals surface area contributed by atoms with Crippen LogP contribution < -0.4 is 11.3 Å². The lowest BCUT2D eigenvalue weighted by atomic mass is 10.1. The Hall–Kier alpha value is -2.70. The Morgan fingerprint density at radius 3 is 2.62 bits per heavy atom. The molecule has 0 bridgehead atoms. The maximum atomic E-state index is 12.8. The van der Waals surface area contributed by atoms with Crippen LogP contribution in [-0.2, 0) is 0 Å². The van der Waals surface area contributed by atoms with E-state index in [0.29, 0.717) is 0 Å². The summed E-state index contributed by atoms with van der Waals surface area (Å²) < 4.78 is 1.56. The maximum Gasteiger partial charge on any atom is 0.268 e. The Bertz CT molecular complexity index is 1090. The molecule has 0 spiro atoms. The summed E-state index contributed by atoms with van der Waals surface area (Å²) in [6.45, 7) is 0. The number of amides is 1. The largest absolute Gasteiger partial charge is 0.365 e. The Morgan fingerprint density at radius 1 is 1.08 bits per heavy atom. The van der Waals surface area contributed by atoms with Crippen LogP contribution >= 0.6 is 22.7 Å². The molecule has 4 nitrogen and oxygen atoms in total. The summed E-state index contributed by atoms with van der Waals surface area (Å²) >= 11 is 3.13. The number of benzene rings is 1. The molecule has 3 heterocycles. The third-order valence-corrected chi connectivity index (χ3v) is 5.43. The fourth-order valence-electron chi connectivity index (χ4n) is 2.72. The number of hydrogen-bond acceptors (Lipinski definition) is 4. The van der Waals surface area contributed by atoms with Gasteiger partial charge in [0.2, 0.25) is 0 Å². The molecule has 0 aliphatic heterocycles. The summed E-state index contributed by atoms with van der Waals surface area (Å²) in [5, 5.41) is 6.59. The summed E-state index contributed by atoms with van der Waals surface area (Å²) in [6, 6.07) is 13.3. The van der Waals surface area contributed by atoms with Crippen LogP contribution in [0.3, 0.4) is 0 Å². The van der Waals surface area contributed by atoms with Crippen LogP contribution in [0.5, 0.6) is 0 Å². The number of carbonyl (C=O) groups is 1. The van der Waals surface area contributed by atoms with E-state index >= 15 is 0 Å². The number of fused-ring (bicyclic) bond motifs is 1. The van der Waals surface area contributed by atoms with Crippen molar-refractivity contribution in [3.05, 3.63) is 74.5 Å². The van der Waals surface area contributed by atoms with Gasteiger partial charge in [-0.2, -0.15) is 11.3 Å². The van der Waals surface area contributed by atoms with Crippen LogP contribution in [0.15, 0.2) is 63.4 Å². The van der Waals surface area contributed by atoms with Crippen molar-refractivity contribution in [3.63, 3.8) is 0 Å². The first-order chi connectivity index (χ1) is 11.6. The molecule has 4 aromatic rings. The molecule has 1 aromatic carbocycles. The third kappa shape index (κ3) is 2.36. The molecule has 0 atom stereocenters. The number of aromatic nitrogens is 1. The molecule has 2 N–H and O–H groups in total. The normalized spacial score (nSPS) is 11.0. The molecule has 118 valence electrons. The highest BCUT2D eigenvalue weighted by Gasteiger charge is 2.15. The quantitative estimate of drug-likeness (QED) is 0.608. The summed E-state index contributed by atoms with van der Waals surface area (Å²) in [5.74, 6) is -0.715. The smallest absolute Gasteiger partial charge is 0.268 e. The molecule has 0 saturated heterocycles. The number of thiophene rings is 2. The first-order valence-corrected chi connectivity index (χ1v) is 9.03. The fourth-order valence-corrected chi connectivity index (χ4v) is 4.06. The van der Waals surface area contributed by atoms with Gasteiger partial charge in [-0.15, -0.1) is 11.3 Å². The highest BCUT2D eigenvalue weighted by atomic mass is 32.1. The third-order valence-electron chi connectivity index (χ3n) is 3.84. The van der Waals surface area contributed by atoms with Crippen molar-refractivity contribution in [1.82, 2.24) is 4.57 Å². The number of nitrogens with two attached hydrogens (primary N) is 1. The second-order valence-corrected chi connectivity index (χ2v) is 7.02. The van der Waals surface area contributed by atoms with E-state index in [2.05, 4.69) is 0 Å². The molecule has 0 aliphatic rings. The van der Waals surface area contributed by atoms with E-state index < -0.39 is 11.5 Å². The number of primary amides is 1. The molecule has 24 heavy (non-hydrogen) atoms. The second kappa shape index (κ2) is 5.74. The minimum absolute atomic E-state index is 0.00225. The van der Waals surface area contributed by atoms with Gasteiger partial charge in [0.25, 0.3) is 11.5 Å². The standard InChI is InChI=1S/C18H12N2O2S2/c19-17(21)14-8-11-3-4-12(16-2-1-6-24-16)9-15(11)20(18(14)22)13-5-7-23-10-13/h1-10H,(H2,19,21). The lowest BCUT2D eigenvalue weighted by Crippen LogP contribution is -2.28. The van der Waals surface area contributed by atoms with Gasteiger partial charge in [0, 0.05) is 10.3 Å². The number of carbonyl (C=O) groups excluding carboxylic acids is 1. The van der Waals surface area contributed by atoms with E-state index in [1.165, 1.54) is 11.3 Å². The van der Waals surface area contributed by atoms with Gasteiger partial charge in [0.1, 0.15) is 5.56 Å². The summed E-state index contributed by atoms with van der Waals surface area (Å²) in [7, 11) is 0. The van der Waals surface area contributed by atoms with E-state index in [0.717, 1.165) is 27.0 Å². The van der Waals surface area contributed by atoms with E-state index in [-0.39, 0.29) is 5.56 Å². The van der Waals surface area contributed by atoms with Crippen molar-refractivity contribution in [3.8, 4) is 16.1 Å². The van der Waals surface area contributed by atoms with Crippen molar-refractivity contribution in [2.24, 2.45) is 5.73 Å². The summed E-state index contributed by atoms with van der Waals surface area (Å²) in [4.78, 5) is 25.6. The number of hydrogen-bond donors (Lipinski definition) is 1. The van der Waals surface area contributed by atoms with E-state index in [4.69, 9.17) is 5.73 Å². The monoisotopic (exact) mass is 352 g/mol. The van der Waals surface area contributed by atoms with Gasteiger partial charge in [-0.1, -0.05) is 18.2 Å². The minimum atomic E-state index is -0.715. The van der Waals surface area contributed by atoms with Crippen LogP contribution in [0.25, 0.3) is 27.0 Å². The maximum absolute atomic E-state index is 12.8. The van der Waals surface area contributed by atoms with E-state index in [1.807, 2.05) is 52.5 Å². The van der Waals surface area contributed by atoms with Gasteiger partial charge < -0.3 is 5.73 Å². The Balaban J connectivity index is 2.10. The highest BCUT2D eigenvalue weighted by molar-refractivity contribution is 7.13. The van der Waals surface area contributed by atoms with Crippen molar-refractivity contribution in [1.29, 1.82) is 0 Å². The molecular weight excluding hydrogens is 340 g/mol. The minimum Gasteiger partial charge on any atom is -0.365 e. The zero-order valence-electron chi connectivity index (χ0n) is 12.4. The van der Waals surface area contributed by atoms with Crippen LogP contribution in [0.2, 0.25) is 0 Å². The van der Waals surface area contributed by atoms with E-state index in [9.17, 15) is 9.59 Å². The van der Waals surface area contributed by atoms with Crippen molar-refractivity contribution >= 4 is 39.5 Å². The average Bonchev–Trinajstić information content (AvgIpc) is 3.27. The zero-order chi connectivity index (χ0) is 16.7. The molecule has 0 unspecified atom stereocenters. The van der Waals surface area contributed by atoms with Crippen LogP contribution in [0.1, 0.15) is 10.4 Å². The number of rotatable bonds is 3. The predicted molar refractivity (Wildman–Crippen MR) is 99.3 cm³/mol. The molecule has 0 fully saturated rings. The first-order valence-electron chi connectivity index (χ1n) is 7.21. The lowest BCUT2D eigenvalue weighted by molar-refractivity contribution is 0.0999. The zero-order valence-corrected chi connectivity index (χ0v) is 14.1. The van der Waals surface area contributed by atoms with Crippen molar-refractivity contribution < 1.29 is 4.79 Å². The lowest BCUT2D eigenvalue weighted by Gasteiger charge is -2.12. The molecule has 1 amide bonds. The number of nitrogens with zero attached hydrogens (tertiary/aromatic N) is 1. The second-order valence-electron chi connectivity index (χ2n) is 5.30. The molecule has 0 aliphatic carbocycles. The molecule has 0 saturated carbocycles. The topological polar surface area (TPSA) is 65.1 Å². The molecule has 4 rings (SSSR count). The van der Waals surface area contributed by atoms with Gasteiger partial charge in [0.15, 0.2) is 0 Å². The molecule has 6 heteroatoms. The van der Waals surface area contributed by atoms with Gasteiger partial charge in [-0.25, -0.2) is 0 Å². The molecule has 3 aromatic heterocycles. The van der Waals surface area contributed by atoms with Gasteiger partial charge in [-0.3, -0.25) is 14.2 Å². The van der Waals surface area contributed by atoms with Crippen LogP contribution in [0, 0.1) is 0 Å². The van der Waals surface area contributed by atoms with Crippen molar-refractivity contribution in [2.45, 2.75) is 0 Å². The number of pyridine rings is 1. The van der Waals surface area contributed by atoms with E-state index in [1.54, 1.807) is 22.0 Å².